The van der Waals surface area contributed by atoms with Crippen LogP contribution in [0.1, 0.15) is 0 Å². The molecule has 2 aromatic carbocycles. The van der Waals surface area contributed by atoms with E-state index in [4.69, 9.17) is 9.59 Å². The van der Waals surface area contributed by atoms with Gasteiger partial charge in [0, 0.05) is 0 Å². The van der Waals surface area contributed by atoms with E-state index in [0.29, 0.717) is 0 Å². The third kappa shape index (κ3) is 12.6. The molecule has 0 unspecified atom stereocenters. The zero-order valence-corrected chi connectivity index (χ0v) is 9.65. The first-order chi connectivity index (χ1) is 7.41. The number of hydrogen-bond donors (Lipinski definition) is 0. The van der Waals surface area contributed by atoms with E-state index in [2.05, 4.69) is 0 Å². The molecule has 0 N–H and O–H groups in total. The van der Waals surface area contributed by atoms with Gasteiger partial charge in [0.1, 0.15) is 0 Å². The van der Waals surface area contributed by atoms with Crippen molar-refractivity contribution < 1.29 is 27.8 Å². The average Bonchev–Trinajstić information content (AvgIpc) is 2.99. The van der Waals surface area contributed by atoms with Crippen LogP contribution in [0.5, 0.6) is 0 Å². The van der Waals surface area contributed by atoms with E-state index >= 15 is 0 Å². The molecule has 76 valence electrons. The zero-order valence-electron chi connectivity index (χ0n) is 8.09. The molecule has 15 heavy (non-hydrogen) atoms. The van der Waals surface area contributed by atoms with Gasteiger partial charge in [0.15, 0.2) is 0 Å². The molecule has 0 aliphatic heterocycles. The van der Waals surface area contributed by atoms with E-state index in [1.54, 1.807) is 0 Å². The van der Waals surface area contributed by atoms with Crippen LogP contribution in [0.3, 0.4) is 0 Å². The van der Waals surface area contributed by atoms with E-state index in [-0.39, 0.29) is 0 Å². The summed E-state index contributed by atoms with van der Waals surface area (Å²) >= 11 is -1.08. The monoisotopic (exact) mass is 234 g/mol. The molecule has 0 aliphatic carbocycles. The minimum absolute atomic E-state index is 1.08. The molecule has 0 saturated carbocycles. The van der Waals surface area contributed by atoms with Gasteiger partial charge >= 0.3 is 36.2 Å². The van der Waals surface area contributed by atoms with E-state index in [0.717, 1.165) is 0 Å². The van der Waals surface area contributed by atoms with Gasteiger partial charge in [-0.05, 0) is 0 Å². The number of carbonyl (C=O) groups excluding carboxylic acids is 2. The Morgan fingerprint density at radius 2 is 1.07 bits per heavy atom. The summed E-state index contributed by atoms with van der Waals surface area (Å²) in [6.45, 7) is 0. The van der Waals surface area contributed by atoms with Crippen LogP contribution in [0.15, 0.2) is 60.7 Å². The fraction of sp³-hybridized carbons (Fsp3) is 0. The summed E-state index contributed by atoms with van der Waals surface area (Å²) < 4.78 is 2.94. The predicted octanol–water partition coefficient (Wildman–Crippen LogP) is 2.01. The van der Waals surface area contributed by atoms with Crippen molar-refractivity contribution in [2.24, 2.45) is 0 Å². The summed E-state index contributed by atoms with van der Waals surface area (Å²) in [6.07, 6.45) is 0. The molecule has 0 bridgehead atoms. The molecule has 0 aromatic heterocycles. The van der Waals surface area contributed by atoms with Crippen molar-refractivity contribution >= 4 is 8.36 Å². The first kappa shape index (κ1) is 13.6. The summed E-state index contributed by atoms with van der Waals surface area (Å²) in [5, 5.41) is 0. The molecule has 0 spiro atoms. The standard InChI is InChI=1S/2C5H5.2CO.Ti/c2*1-2-4-5-3-1;2*1-2;/h2*1-5H;;;/q2*-1;;;. The molecule has 0 amide bonds. The summed E-state index contributed by atoms with van der Waals surface area (Å²) in [4.78, 5) is 18.1. The average molecular weight is 234 g/mol. The zero-order chi connectivity index (χ0) is 11.2. The molecule has 0 atom stereocenters. The molecule has 0 aliphatic rings. The largest absolute Gasteiger partial charge is 0.214 e. The smallest absolute Gasteiger partial charge is 0.172 e. The Labute approximate surface area is 96.8 Å². The van der Waals surface area contributed by atoms with Crippen LogP contribution in [0.4, 0.5) is 0 Å². The Bertz CT molecular complexity index is 326. The van der Waals surface area contributed by atoms with Gasteiger partial charge in [-0.2, -0.15) is 36.4 Å². The van der Waals surface area contributed by atoms with Crippen molar-refractivity contribution in [2.75, 3.05) is 0 Å². The minimum atomic E-state index is -1.08. The second-order valence-electron chi connectivity index (χ2n) is 2.25. The predicted molar refractivity (Wildman–Crippen MR) is 55.5 cm³/mol. The van der Waals surface area contributed by atoms with Crippen LogP contribution >= 0.6 is 0 Å². The van der Waals surface area contributed by atoms with Gasteiger partial charge in [0.05, 0.1) is 0 Å². The topological polar surface area (TPSA) is 34.1 Å². The van der Waals surface area contributed by atoms with Crippen LogP contribution in [0.25, 0.3) is 0 Å². The van der Waals surface area contributed by atoms with Gasteiger partial charge in [-0.15, -0.1) is 0 Å². The van der Waals surface area contributed by atoms with E-state index in [1.165, 1.54) is 8.36 Å². The number of hydrogen-bond acceptors (Lipinski definition) is 2. The Morgan fingerprint density at radius 3 is 1.13 bits per heavy atom. The van der Waals surface area contributed by atoms with E-state index in [1.807, 2.05) is 60.7 Å². The van der Waals surface area contributed by atoms with Crippen molar-refractivity contribution in [1.29, 1.82) is 0 Å². The van der Waals surface area contributed by atoms with Crippen molar-refractivity contribution in [3.63, 3.8) is 0 Å². The summed E-state index contributed by atoms with van der Waals surface area (Å²) in [5.41, 5.74) is 0. The first-order valence-corrected chi connectivity index (χ1v) is 5.80. The maximum Gasteiger partial charge on any atom is -0.172 e. The van der Waals surface area contributed by atoms with Crippen LogP contribution in [0, 0.1) is 0 Å². The molecule has 0 heterocycles. The van der Waals surface area contributed by atoms with Crippen LogP contribution < -0.4 is 0 Å². The van der Waals surface area contributed by atoms with E-state index < -0.39 is 18.2 Å². The van der Waals surface area contributed by atoms with Crippen molar-refractivity contribution in [1.82, 2.24) is 0 Å². The molecule has 0 radical (unpaired) electrons. The summed E-state index contributed by atoms with van der Waals surface area (Å²) in [6, 6.07) is 20.0. The van der Waals surface area contributed by atoms with Gasteiger partial charge in [-0.3, -0.25) is 0 Å². The molecule has 3 heteroatoms. The fourth-order valence-corrected chi connectivity index (χ4v) is 0.727. The maximum absolute atomic E-state index is 9.07. The van der Waals surface area contributed by atoms with Gasteiger partial charge in [0.2, 0.25) is 0 Å². The van der Waals surface area contributed by atoms with Crippen molar-refractivity contribution in [3.8, 4) is 0 Å². The van der Waals surface area contributed by atoms with Crippen LogP contribution in [-0.2, 0) is 27.8 Å². The number of rotatable bonds is 0. The summed E-state index contributed by atoms with van der Waals surface area (Å²) in [7, 11) is 0. The van der Waals surface area contributed by atoms with Gasteiger partial charge in [0.25, 0.3) is 0 Å². The van der Waals surface area contributed by atoms with E-state index in [9.17, 15) is 0 Å². The Morgan fingerprint density at radius 1 is 0.733 bits per heavy atom. The van der Waals surface area contributed by atoms with Crippen molar-refractivity contribution in [3.05, 3.63) is 60.7 Å². The molecular formula is C12H10O2Ti-2. The Kier molecular flexibility index (Phi) is 11.4. The molecule has 0 fully saturated rings. The third-order valence-electron chi connectivity index (χ3n) is 1.21. The fourth-order valence-electron chi connectivity index (χ4n) is 0.662. The minimum Gasteiger partial charge on any atom is -0.214 e. The second kappa shape index (κ2) is 12.6. The molecule has 0 saturated heterocycles. The first-order valence-electron chi connectivity index (χ1n) is 4.24. The second-order valence-corrected chi connectivity index (χ2v) is 3.28. The van der Waals surface area contributed by atoms with Gasteiger partial charge in [-0.1, -0.05) is 0 Å². The normalized spacial score (nSPS) is 6.40. The molecule has 2 aromatic rings. The quantitative estimate of drug-likeness (QED) is 0.516. The Hall–Kier alpha value is -1.43. The van der Waals surface area contributed by atoms with Crippen LogP contribution in [-0.4, -0.2) is 8.36 Å². The summed E-state index contributed by atoms with van der Waals surface area (Å²) in [5.74, 6) is 0. The van der Waals surface area contributed by atoms with Crippen LogP contribution in [0.2, 0.25) is 0 Å². The van der Waals surface area contributed by atoms with Gasteiger partial charge in [-0.25, -0.2) is 24.3 Å². The SMILES string of the molecule is O=[C]=[Ti]=[C]=O.c1cc[cH-]c1.c1cc[cH-]c1. The van der Waals surface area contributed by atoms with Crippen molar-refractivity contribution in [2.45, 2.75) is 0 Å². The molecular weight excluding hydrogens is 224 g/mol. The third-order valence-corrected chi connectivity index (χ3v) is 1.53. The Balaban J connectivity index is 0.000000196. The molecule has 2 rings (SSSR count). The maximum atomic E-state index is 9.07. The van der Waals surface area contributed by atoms with Gasteiger partial charge < -0.3 is 0 Å². The molecule has 2 nitrogen and oxygen atoms in total.